The second kappa shape index (κ2) is 8.48. The molecular weight excluding hydrogens is 245 g/mol. The highest BCUT2D eigenvalue weighted by molar-refractivity contribution is 5.79. The van der Waals surface area contributed by atoms with E-state index in [1.165, 1.54) is 12.1 Å². The number of hydrogen-bond acceptors (Lipinski definition) is 2. The van der Waals surface area contributed by atoms with E-state index in [0.29, 0.717) is 19.0 Å². The highest BCUT2D eigenvalue weighted by Gasteiger charge is 2.02. The molecule has 0 bridgehead atoms. The minimum absolute atomic E-state index is 0.135. The highest BCUT2D eigenvalue weighted by atomic mass is 19.1. The molecule has 0 aliphatic carbocycles. The first-order valence-electron chi connectivity index (χ1n) is 6.53. The van der Waals surface area contributed by atoms with Crippen molar-refractivity contribution in [3.8, 4) is 0 Å². The molecule has 0 saturated carbocycles. The summed E-state index contributed by atoms with van der Waals surface area (Å²) < 4.78 is 13.0. The van der Waals surface area contributed by atoms with Gasteiger partial charge in [0.15, 0.2) is 5.96 Å². The second-order valence-corrected chi connectivity index (χ2v) is 4.49. The number of rotatable bonds is 6. The van der Waals surface area contributed by atoms with Gasteiger partial charge < -0.3 is 15.7 Å². The van der Waals surface area contributed by atoms with Gasteiger partial charge in [-0.3, -0.25) is 0 Å². The summed E-state index contributed by atoms with van der Waals surface area (Å²) in [6.07, 6.45) is 0. The van der Waals surface area contributed by atoms with Gasteiger partial charge in [-0.1, -0.05) is 19.1 Å². The van der Waals surface area contributed by atoms with Gasteiger partial charge in [-0.25, -0.2) is 9.38 Å². The molecule has 4 nitrogen and oxygen atoms in total. The molecule has 0 aliphatic rings. The van der Waals surface area contributed by atoms with Gasteiger partial charge in [0.25, 0.3) is 0 Å². The van der Waals surface area contributed by atoms with Crippen LogP contribution in [0.2, 0.25) is 0 Å². The lowest BCUT2D eigenvalue weighted by atomic mass is 10.2. The zero-order chi connectivity index (χ0) is 14.1. The molecule has 0 aromatic heterocycles. The Morgan fingerprint density at radius 1 is 1.42 bits per heavy atom. The Kier molecular flexibility index (Phi) is 6.89. The summed E-state index contributed by atoms with van der Waals surface area (Å²) in [6, 6.07) is 6.41. The molecule has 1 rings (SSSR count). The maximum absolute atomic E-state index is 13.0. The van der Waals surface area contributed by atoms with Crippen LogP contribution >= 0.6 is 0 Å². The summed E-state index contributed by atoms with van der Waals surface area (Å²) >= 11 is 0. The molecule has 0 heterocycles. The molecule has 0 fully saturated rings. The minimum atomic E-state index is -0.250. The van der Waals surface area contributed by atoms with Crippen LogP contribution in [0.3, 0.4) is 0 Å². The number of aliphatic imine (C=N–C) groups is 1. The van der Waals surface area contributed by atoms with Crippen molar-refractivity contribution >= 4 is 5.96 Å². The molecule has 1 aromatic carbocycles. The van der Waals surface area contributed by atoms with E-state index in [2.05, 4.69) is 15.6 Å². The van der Waals surface area contributed by atoms with Gasteiger partial charge >= 0.3 is 0 Å². The van der Waals surface area contributed by atoms with E-state index in [1.54, 1.807) is 6.07 Å². The zero-order valence-electron chi connectivity index (χ0n) is 11.5. The normalized spacial score (nSPS) is 13.2. The van der Waals surface area contributed by atoms with Crippen LogP contribution in [0.25, 0.3) is 0 Å². The van der Waals surface area contributed by atoms with E-state index < -0.39 is 0 Å². The van der Waals surface area contributed by atoms with Crippen molar-refractivity contribution in [2.24, 2.45) is 10.9 Å². The number of halogens is 1. The predicted octanol–water partition coefficient (Wildman–Crippen LogP) is 1.51. The molecule has 1 aromatic rings. The lowest BCUT2D eigenvalue weighted by Crippen LogP contribution is -2.39. The van der Waals surface area contributed by atoms with Gasteiger partial charge in [0.2, 0.25) is 0 Å². The Balaban J connectivity index is 2.57. The Hall–Kier alpha value is -1.62. The molecule has 3 N–H and O–H groups in total. The summed E-state index contributed by atoms with van der Waals surface area (Å²) in [5, 5.41) is 15.2. The fourth-order valence-corrected chi connectivity index (χ4v) is 1.48. The van der Waals surface area contributed by atoms with Gasteiger partial charge in [-0.2, -0.15) is 0 Å². The van der Waals surface area contributed by atoms with Crippen molar-refractivity contribution in [3.05, 3.63) is 35.6 Å². The van der Waals surface area contributed by atoms with E-state index in [1.807, 2.05) is 19.9 Å². The van der Waals surface area contributed by atoms with Crippen molar-refractivity contribution in [1.82, 2.24) is 10.6 Å². The highest BCUT2D eigenvalue weighted by Crippen LogP contribution is 2.04. The maximum Gasteiger partial charge on any atom is 0.191 e. The molecule has 0 saturated heterocycles. The fourth-order valence-electron chi connectivity index (χ4n) is 1.48. The van der Waals surface area contributed by atoms with E-state index in [-0.39, 0.29) is 18.3 Å². The molecule has 1 atom stereocenters. The summed E-state index contributed by atoms with van der Waals surface area (Å²) in [6.45, 7) is 5.88. The Labute approximate surface area is 113 Å². The van der Waals surface area contributed by atoms with Gasteiger partial charge in [0, 0.05) is 19.7 Å². The first-order valence-corrected chi connectivity index (χ1v) is 6.53. The lowest BCUT2D eigenvalue weighted by Gasteiger charge is -2.14. The third-order valence-corrected chi connectivity index (χ3v) is 2.58. The van der Waals surface area contributed by atoms with Crippen molar-refractivity contribution in [2.45, 2.75) is 20.4 Å². The van der Waals surface area contributed by atoms with Crippen LogP contribution in [0.15, 0.2) is 29.3 Å². The molecule has 0 spiro atoms. The largest absolute Gasteiger partial charge is 0.396 e. The van der Waals surface area contributed by atoms with E-state index in [4.69, 9.17) is 5.11 Å². The monoisotopic (exact) mass is 267 g/mol. The Morgan fingerprint density at radius 3 is 2.84 bits per heavy atom. The summed E-state index contributed by atoms with van der Waals surface area (Å²) in [5.74, 6) is 0.588. The average Bonchev–Trinajstić information content (AvgIpc) is 2.41. The van der Waals surface area contributed by atoms with Gasteiger partial charge in [0.05, 0.1) is 6.54 Å². The number of hydrogen-bond donors (Lipinski definition) is 3. The number of benzene rings is 1. The standard InChI is InChI=1S/C14H22FN3O/c1-3-16-14(17-8-11(2)10-19)18-9-12-5-4-6-13(15)7-12/h4-7,11,19H,3,8-10H2,1-2H3,(H2,16,17,18). The minimum Gasteiger partial charge on any atom is -0.396 e. The van der Waals surface area contributed by atoms with Crippen molar-refractivity contribution < 1.29 is 9.50 Å². The molecule has 0 amide bonds. The number of guanidine groups is 1. The second-order valence-electron chi connectivity index (χ2n) is 4.49. The first-order chi connectivity index (χ1) is 9.15. The lowest BCUT2D eigenvalue weighted by molar-refractivity contribution is 0.238. The number of nitrogens with one attached hydrogen (secondary N) is 2. The molecular formula is C14H22FN3O. The number of aliphatic hydroxyl groups excluding tert-OH is 1. The zero-order valence-corrected chi connectivity index (χ0v) is 11.5. The smallest absolute Gasteiger partial charge is 0.191 e. The van der Waals surface area contributed by atoms with Crippen molar-refractivity contribution in [2.75, 3.05) is 19.7 Å². The van der Waals surface area contributed by atoms with E-state index in [9.17, 15) is 4.39 Å². The Bertz CT molecular complexity index is 409. The molecule has 0 radical (unpaired) electrons. The number of nitrogens with zero attached hydrogens (tertiary/aromatic N) is 1. The topological polar surface area (TPSA) is 56.7 Å². The summed E-state index contributed by atoms with van der Waals surface area (Å²) in [7, 11) is 0. The quantitative estimate of drug-likeness (QED) is 0.541. The molecule has 1 unspecified atom stereocenters. The maximum atomic E-state index is 13.0. The van der Waals surface area contributed by atoms with Crippen LogP contribution in [0.5, 0.6) is 0 Å². The summed E-state index contributed by atoms with van der Waals surface area (Å²) in [4.78, 5) is 4.38. The van der Waals surface area contributed by atoms with Gasteiger partial charge in [-0.15, -0.1) is 0 Å². The molecule has 19 heavy (non-hydrogen) atoms. The van der Waals surface area contributed by atoms with Crippen LogP contribution in [0.4, 0.5) is 4.39 Å². The fraction of sp³-hybridized carbons (Fsp3) is 0.500. The van der Waals surface area contributed by atoms with E-state index in [0.717, 1.165) is 12.1 Å². The van der Waals surface area contributed by atoms with Crippen LogP contribution < -0.4 is 10.6 Å². The molecule has 106 valence electrons. The molecule has 5 heteroatoms. The van der Waals surface area contributed by atoms with Crippen molar-refractivity contribution in [3.63, 3.8) is 0 Å². The predicted molar refractivity (Wildman–Crippen MR) is 75.5 cm³/mol. The molecule has 0 aliphatic heterocycles. The third-order valence-electron chi connectivity index (χ3n) is 2.58. The van der Waals surface area contributed by atoms with Gasteiger partial charge in [0.1, 0.15) is 5.82 Å². The van der Waals surface area contributed by atoms with Crippen molar-refractivity contribution in [1.29, 1.82) is 0 Å². The van der Waals surface area contributed by atoms with Gasteiger partial charge in [-0.05, 0) is 30.5 Å². The Morgan fingerprint density at radius 2 is 2.21 bits per heavy atom. The van der Waals surface area contributed by atoms with E-state index >= 15 is 0 Å². The number of aliphatic hydroxyl groups is 1. The van der Waals surface area contributed by atoms with Crippen LogP contribution in [-0.2, 0) is 6.54 Å². The third kappa shape index (κ3) is 6.20. The average molecular weight is 267 g/mol. The SMILES string of the molecule is CCNC(=NCc1cccc(F)c1)NCC(C)CO. The summed E-state index contributed by atoms with van der Waals surface area (Å²) in [5.41, 5.74) is 0.826. The first kappa shape index (κ1) is 15.4. The van der Waals surface area contributed by atoms with Crippen LogP contribution in [-0.4, -0.2) is 30.8 Å². The van der Waals surface area contributed by atoms with Crippen LogP contribution in [0.1, 0.15) is 19.4 Å². The van der Waals surface area contributed by atoms with Crippen LogP contribution in [0, 0.1) is 11.7 Å².